The second-order valence-electron chi connectivity index (χ2n) is 7.07. The minimum atomic E-state index is -3.24. The van der Waals surface area contributed by atoms with Crippen molar-refractivity contribution in [1.82, 2.24) is 4.72 Å². The fraction of sp³-hybridized carbons (Fsp3) is 0.467. The first-order valence-electron chi connectivity index (χ1n) is 7.79. The Morgan fingerprint density at radius 3 is 2.20 bits per heavy atom. The Morgan fingerprint density at radius 2 is 1.68 bits per heavy atom. The number of hydrogen-bond donors (Lipinski definition) is 4. The molecule has 0 aromatic heterocycles. The molecule has 8 nitrogen and oxygen atoms in total. The molecule has 3 rings (SSSR count). The van der Waals surface area contributed by atoms with E-state index in [2.05, 4.69) is 9.44 Å². The molecule has 1 fully saturated rings. The first-order chi connectivity index (χ1) is 11.5. The van der Waals surface area contributed by atoms with Crippen molar-refractivity contribution in [2.75, 3.05) is 4.72 Å². The van der Waals surface area contributed by atoms with Crippen LogP contribution in [0.3, 0.4) is 0 Å². The van der Waals surface area contributed by atoms with Crippen molar-refractivity contribution in [2.45, 2.75) is 45.4 Å². The van der Waals surface area contributed by atoms with Gasteiger partial charge in [0.15, 0.2) is 0 Å². The van der Waals surface area contributed by atoms with Crippen LogP contribution in [0.5, 0.6) is 0 Å². The highest BCUT2D eigenvalue weighted by Crippen LogP contribution is 2.49. The van der Waals surface area contributed by atoms with Crippen molar-refractivity contribution in [3.8, 4) is 0 Å². The molecule has 0 unspecified atom stereocenters. The summed E-state index contributed by atoms with van der Waals surface area (Å²) < 4.78 is 17.3. The molecule has 4 N–H and O–H groups in total. The average molecular weight is 368 g/mol. The minimum absolute atomic E-state index is 0.129. The predicted octanol–water partition coefficient (Wildman–Crippen LogP) is 2.49. The van der Waals surface area contributed by atoms with E-state index >= 15 is 0 Å². The zero-order valence-corrected chi connectivity index (χ0v) is 15.3. The van der Waals surface area contributed by atoms with E-state index in [-0.39, 0.29) is 6.54 Å². The van der Waals surface area contributed by atoms with Crippen molar-refractivity contribution < 1.29 is 29.1 Å². The highest BCUT2D eigenvalue weighted by atomic mass is 32.3. The first kappa shape index (κ1) is 18.1. The third kappa shape index (κ3) is 2.79. The van der Waals surface area contributed by atoms with Gasteiger partial charge in [0.25, 0.3) is 0 Å². The lowest BCUT2D eigenvalue weighted by Gasteiger charge is -2.37. The number of anilines is 1. The van der Waals surface area contributed by atoms with Gasteiger partial charge < -0.3 is 24.2 Å². The summed E-state index contributed by atoms with van der Waals surface area (Å²) in [6, 6.07) is 5.27. The highest BCUT2D eigenvalue weighted by Gasteiger charge is 2.52. The van der Waals surface area contributed by atoms with Crippen molar-refractivity contribution >= 4 is 39.3 Å². The van der Waals surface area contributed by atoms with E-state index < -0.39 is 39.3 Å². The second-order valence-corrected chi connectivity index (χ2v) is 9.49. The molecule has 1 aromatic rings. The summed E-state index contributed by atoms with van der Waals surface area (Å²) >= 11 is 0. The molecule has 0 saturated carbocycles. The van der Waals surface area contributed by atoms with E-state index in [0.29, 0.717) is 5.69 Å². The Bertz CT molecular complexity index is 724. The zero-order valence-electron chi connectivity index (χ0n) is 14.5. The quantitative estimate of drug-likeness (QED) is 0.559. The minimum Gasteiger partial charge on any atom is -0.472 e. The van der Waals surface area contributed by atoms with Gasteiger partial charge in [0.2, 0.25) is 0 Å². The Morgan fingerprint density at radius 1 is 1.12 bits per heavy atom. The van der Waals surface area contributed by atoms with Crippen LogP contribution in [0.4, 0.5) is 15.3 Å². The molecule has 2 heterocycles. The van der Waals surface area contributed by atoms with Gasteiger partial charge in [-0.1, -0.05) is 12.1 Å². The number of rotatable bonds is 1. The van der Waals surface area contributed by atoms with Crippen LogP contribution in [-0.2, 0) is 15.9 Å². The molecule has 1 saturated heterocycles. The summed E-state index contributed by atoms with van der Waals surface area (Å²) in [5, 5.41) is 15.8. The molecular weight excluding hydrogens is 347 g/mol. The lowest BCUT2D eigenvalue weighted by Crippen LogP contribution is -2.41. The smallest absolute Gasteiger partial charge is 0.472 e. The van der Waals surface area contributed by atoms with E-state index in [0.717, 1.165) is 11.0 Å². The fourth-order valence-corrected chi connectivity index (χ4v) is 4.20. The number of carbonyl (C=O) groups is 2. The summed E-state index contributed by atoms with van der Waals surface area (Å²) in [6.07, 6.45) is 0. The Kier molecular flexibility index (Phi) is 4.07. The molecule has 0 bridgehead atoms. The van der Waals surface area contributed by atoms with Crippen LogP contribution in [0.1, 0.15) is 33.3 Å². The van der Waals surface area contributed by atoms with Gasteiger partial charge in [-0.25, -0.2) is 14.3 Å². The maximum Gasteiger partial charge on any atom is 0.494 e. The molecule has 1 aromatic carbocycles. The fourth-order valence-electron chi connectivity index (χ4n) is 2.66. The van der Waals surface area contributed by atoms with Gasteiger partial charge in [0.05, 0.1) is 21.6 Å². The molecule has 0 amide bonds. The topological polar surface area (TPSA) is 117 Å². The third-order valence-corrected chi connectivity index (χ3v) is 7.07. The molecule has 0 aliphatic carbocycles. The standard InChI is InChI=1S/C15H21BN2O6S/c1-14(2)15(3,4)24-16(23-14)10-5-6-11-9(7-10)8-17-25(18-11,12(19)20)13(21)22/h5-7,17-18H,8H2,1-4H3,(H,19,20)(H,21,22). The van der Waals surface area contributed by atoms with Crippen molar-refractivity contribution in [2.24, 2.45) is 0 Å². The SMILES string of the molecule is CC1(C)OB(c2ccc3c(c2)CNS(C(=O)O)(C(=O)O)N3)OC1(C)C. The summed E-state index contributed by atoms with van der Waals surface area (Å²) in [7, 11) is -3.78. The van der Waals surface area contributed by atoms with Crippen LogP contribution in [0.15, 0.2) is 18.2 Å². The van der Waals surface area contributed by atoms with E-state index in [4.69, 9.17) is 9.31 Å². The largest absolute Gasteiger partial charge is 0.494 e. The van der Waals surface area contributed by atoms with Crippen LogP contribution in [-0.4, -0.2) is 39.1 Å². The number of carboxylic acid groups (broad SMARTS) is 2. The molecule has 10 heteroatoms. The Labute approximate surface area is 147 Å². The molecule has 0 atom stereocenters. The third-order valence-electron chi connectivity index (χ3n) is 4.92. The van der Waals surface area contributed by atoms with E-state index in [1.54, 1.807) is 12.1 Å². The lowest BCUT2D eigenvalue weighted by molar-refractivity contribution is 0.00578. The van der Waals surface area contributed by atoms with Crippen LogP contribution in [0.25, 0.3) is 0 Å². The zero-order chi connectivity index (χ0) is 18.6. The average Bonchev–Trinajstić information content (AvgIpc) is 2.74. The first-order valence-corrected chi connectivity index (χ1v) is 9.42. The van der Waals surface area contributed by atoms with Gasteiger partial charge in [-0.15, -0.1) is 0 Å². The van der Waals surface area contributed by atoms with Gasteiger partial charge >= 0.3 is 17.7 Å². The summed E-state index contributed by atoms with van der Waals surface area (Å²) in [5.41, 5.74) is 1.12. The lowest BCUT2D eigenvalue weighted by atomic mass is 9.78. The number of fused-ring (bicyclic) bond motifs is 1. The molecule has 2 aliphatic rings. The van der Waals surface area contributed by atoms with Crippen LogP contribution in [0.2, 0.25) is 0 Å². The molecule has 0 spiro atoms. The van der Waals surface area contributed by atoms with Gasteiger partial charge in [-0.2, -0.15) is 0 Å². The molecule has 0 radical (unpaired) electrons. The molecular formula is C15H21BN2O6S. The van der Waals surface area contributed by atoms with Gasteiger partial charge in [-0.3, -0.25) is 0 Å². The summed E-state index contributed by atoms with van der Waals surface area (Å²) in [6.45, 7) is 7.99. The molecule has 2 aliphatic heterocycles. The van der Waals surface area contributed by atoms with Crippen molar-refractivity contribution in [1.29, 1.82) is 0 Å². The highest BCUT2D eigenvalue weighted by molar-refractivity contribution is 8.54. The van der Waals surface area contributed by atoms with Crippen LogP contribution in [0, 0.1) is 0 Å². The van der Waals surface area contributed by atoms with Gasteiger partial charge in [0, 0.05) is 12.2 Å². The Hall–Kier alpha value is -1.75. The summed E-state index contributed by atoms with van der Waals surface area (Å²) in [4.78, 5) is 22.9. The molecule has 25 heavy (non-hydrogen) atoms. The second kappa shape index (κ2) is 5.63. The number of hydrogen-bond acceptors (Lipinski definition) is 6. The Balaban J connectivity index is 1.89. The van der Waals surface area contributed by atoms with Crippen molar-refractivity contribution in [3.63, 3.8) is 0 Å². The normalized spacial score (nSPS) is 24.1. The van der Waals surface area contributed by atoms with E-state index in [1.807, 2.05) is 33.8 Å². The van der Waals surface area contributed by atoms with E-state index in [1.165, 1.54) is 0 Å². The van der Waals surface area contributed by atoms with Gasteiger partial charge in [0.1, 0.15) is 0 Å². The monoisotopic (exact) mass is 368 g/mol. The van der Waals surface area contributed by atoms with Gasteiger partial charge in [-0.05, 0) is 44.8 Å². The van der Waals surface area contributed by atoms with E-state index in [9.17, 15) is 19.8 Å². The maximum atomic E-state index is 11.4. The van der Waals surface area contributed by atoms with Crippen LogP contribution < -0.4 is 14.9 Å². The summed E-state index contributed by atoms with van der Waals surface area (Å²) in [5.74, 6) is 0. The van der Waals surface area contributed by atoms with Crippen LogP contribution >= 0.6 is 10.4 Å². The maximum absolute atomic E-state index is 11.4. The number of benzene rings is 1. The predicted molar refractivity (Wildman–Crippen MR) is 96.3 cm³/mol. The molecule has 136 valence electrons. The number of nitrogens with one attached hydrogen (secondary N) is 2. The van der Waals surface area contributed by atoms with Crippen molar-refractivity contribution in [3.05, 3.63) is 23.8 Å².